The van der Waals surface area contributed by atoms with E-state index >= 15 is 0 Å². The van der Waals surface area contributed by atoms with E-state index in [-0.39, 0.29) is 6.61 Å². The van der Waals surface area contributed by atoms with Crippen LogP contribution in [0, 0.1) is 6.92 Å². The fourth-order valence-electron chi connectivity index (χ4n) is 2.76. The Morgan fingerprint density at radius 1 is 1.33 bits per heavy atom. The van der Waals surface area contributed by atoms with Gasteiger partial charge in [0.15, 0.2) is 0 Å². The van der Waals surface area contributed by atoms with Crippen LogP contribution in [0.3, 0.4) is 0 Å². The molecule has 118 valence electrons. The van der Waals surface area contributed by atoms with Crippen molar-refractivity contribution in [2.45, 2.75) is 58.4 Å². The van der Waals surface area contributed by atoms with Gasteiger partial charge in [0.05, 0.1) is 6.61 Å². The average molecular weight is 293 g/mol. The van der Waals surface area contributed by atoms with Gasteiger partial charge in [-0.2, -0.15) is 0 Å². The highest BCUT2D eigenvalue weighted by Crippen LogP contribution is 2.40. The van der Waals surface area contributed by atoms with Crippen molar-refractivity contribution in [3.05, 3.63) is 11.4 Å². The van der Waals surface area contributed by atoms with Gasteiger partial charge in [0.25, 0.3) is 0 Å². The van der Waals surface area contributed by atoms with Crippen LogP contribution in [-0.2, 0) is 0 Å². The summed E-state index contributed by atoms with van der Waals surface area (Å²) in [6.07, 6.45) is 4.34. The van der Waals surface area contributed by atoms with Gasteiger partial charge < -0.3 is 15.4 Å². The molecule has 4 N–H and O–H groups in total. The zero-order valence-corrected chi connectivity index (χ0v) is 13.3. The van der Waals surface area contributed by atoms with Crippen molar-refractivity contribution in [1.82, 2.24) is 9.97 Å². The molecule has 0 radical (unpaired) electrons. The molecule has 0 unspecified atom stereocenters. The van der Waals surface area contributed by atoms with Crippen molar-refractivity contribution in [2.75, 3.05) is 23.5 Å². The number of rotatable bonds is 8. The van der Waals surface area contributed by atoms with Gasteiger partial charge in [0, 0.05) is 24.1 Å². The minimum atomic E-state index is 0.115. The quantitative estimate of drug-likeness (QED) is 0.501. The standard InChI is InChI=1S/C15H27N5O/c1-4-12(5-2)20(8-9-21)15-10(3)13(19-16)17-14(18-15)11-6-7-11/h11-12,21H,4-9,16H2,1-3H3,(H,17,18,19). The molecule has 1 aromatic heterocycles. The van der Waals surface area contributed by atoms with Crippen molar-refractivity contribution in [3.63, 3.8) is 0 Å². The second kappa shape index (κ2) is 7.04. The first-order valence-corrected chi connectivity index (χ1v) is 7.88. The van der Waals surface area contributed by atoms with E-state index in [9.17, 15) is 5.11 Å². The van der Waals surface area contributed by atoms with Crippen molar-refractivity contribution in [1.29, 1.82) is 0 Å². The highest BCUT2D eigenvalue weighted by molar-refractivity contribution is 5.59. The summed E-state index contributed by atoms with van der Waals surface area (Å²) in [6, 6.07) is 0.364. The first-order chi connectivity index (χ1) is 10.2. The Kier molecular flexibility index (Phi) is 5.36. The van der Waals surface area contributed by atoms with Gasteiger partial charge in [0.2, 0.25) is 0 Å². The minimum Gasteiger partial charge on any atom is -0.395 e. The lowest BCUT2D eigenvalue weighted by atomic mass is 10.1. The Labute approximate surface area is 126 Å². The van der Waals surface area contributed by atoms with E-state index in [0.717, 1.165) is 42.9 Å². The molecule has 1 aromatic rings. The summed E-state index contributed by atoms with van der Waals surface area (Å²) in [6.45, 7) is 7.01. The van der Waals surface area contributed by atoms with Crippen molar-refractivity contribution in [2.24, 2.45) is 5.84 Å². The molecular formula is C15H27N5O. The van der Waals surface area contributed by atoms with Crippen LogP contribution in [0.2, 0.25) is 0 Å². The van der Waals surface area contributed by atoms with Crippen LogP contribution in [-0.4, -0.2) is 34.3 Å². The molecule has 1 heterocycles. The van der Waals surface area contributed by atoms with Crippen molar-refractivity contribution in [3.8, 4) is 0 Å². The monoisotopic (exact) mass is 293 g/mol. The molecule has 1 aliphatic rings. The zero-order chi connectivity index (χ0) is 15.4. The van der Waals surface area contributed by atoms with Gasteiger partial charge in [-0.15, -0.1) is 0 Å². The first kappa shape index (κ1) is 16.0. The fourth-order valence-corrected chi connectivity index (χ4v) is 2.76. The lowest BCUT2D eigenvalue weighted by molar-refractivity contribution is 0.295. The van der Waals surface area contributed by atoms with Gasteiger partial charge in [-0.1, -0.05) is 13.8 Å². The number of aliphatic hydroxyl groups is 1. The molecule has 0 bridgehead atoms. The molecule has 6 heteroatoms. The zero-order valence-electron chi connectivity index (χ0n) is 13.3. The number of nitrogen functional groups attached to an aromatic ring is 1. The normalized spacial score (nSPS) is 14.6. The largest absolute Gasteiger partial charge is 0.395 e. The lowest BCUT2D eigenvalue weighted by Gasteiger charge is -2.32. The second-order valence-electron chi connectivity index (χ2n) is 5.68. The van der Waals surface area contributed by atoms with Crippen molar-refractivity contribution >= 4 is 11.6 Å². The summed E-state index contributed by atoms with van der Waals surface area (Å²) < 4.78 is 0. The summed E-state index contributed by atoms with van der Waals surface area (Å²) in [5, 5.41) is 9.42. The molecule has 2 rings (SSSR count). The molecule has 1 fully saturated rings. The topological polar surface area (TPSA) is 87.3 Å². The van der Waals surface area contributed by atoms with Gasteiger partial charge in [-0.3, -0.25) is 0 Å². The maximum atomic E-state index is 9.42. The molecule has 1 aliphatic carbocycles. The highest BCUT2D eigenvalue weighted by atomic mass is 16.3. The Balaban J connectivity index is 2.44. The van der Waals surface area contributed by atoms with Crippen molar-refractivity contribution < 1.29 is 5.11 Å². The molecule has 1 saturated carbocycles. The van der Waals surface area contributed by atoms with E-state index in [2.05, 4.69) is 29.2 Å². The number of nitrogens with zero attached hydrogens (tertiary/aromatic N) is 3. The molecule has 0 saturated heterocycles. The summed E-state index contributed by atoms with van der Waals surface area (Å²) in [4.78, 5) is 11.5. The number of aromatic nitrogens is 2. The number of anilines is 2. The molecule has 0 aromatic carbocycles. The number of aliphatic hydroxyl groups excluding tert-OH is 1. The Bertz CT molecular complexity index is 471. The molecule has 0 amide bonds. The minimum absolute atomic E-state index is 0.115. The van der Waals surface area contributed by atoms with Crippen LogP contribution in [0.25, 0.3) is 0 Å². The van der Waals surface area contributed by atoms with Gasteiger partial charge in [-0.25, -0.2) is 15.8 Å². The van der Waals surface area contributed by atoms with E-state index < -0.39 is 0 Å². The summed E-state index contributed by atoms with van der Waals surface area (Å²) in [5.74, 6) is 8.55. The number of nitrogens with one attached hydrogen (secondary N) is 1. The fraction of sp³-hybridized carbons (Fsp3) is 0.733. The third-order valence-electron chi connectivity index (χ3n) is 4.21. The highest BCUT2D eigenvalue weighted by Gasteiger charge is 2.30. The summed E-state index contributed by atoms with van der Waals surface area (Å²) in [7, 11) is 0. The smallest absolute Gasteiger partial charge is 0.148 e. The van der Waals surface area contributed by atoms with Crippen LogP contribution >= 0.6 is 0 Å². The Morgan fingerprint density at radius 3 is 2.48 bits per heavy atom. The number of nitrogens with two attached hydrogens (primary N) is 1. The Morgan fingerprint density at radius 2 is 2.00 bits per heavy atom. The van der Waals surface area contributed by atoms with Crippen LogP contribution in [0.5, 0.6) is 0 Å². The number of hydrazine groups is 1. The summed E-state index contributed by atoms with van der Waals surface area (Å²) >= 11 is 0. The van der Waals surface area contributed by atoms with Gasteiger partial charge in [-0.05, 0) is 32.6 Å². The molecule has 0 aliphatic heterocycles. The van der Waals surface area contributed by atoms with Gasteiger partial charge in [0.1, 0.15) is 17.5 Å². The average Bonchev–Trinajstić information content (AvgIpc) is 3.33. The maximum Gasteiger partial charge on any atom is 0.148 e. The molecule has 21 heavy (non-hydrogen) atoms. The van der Waals surface area contributed by atoms with E-state index in [4.69, 9.17) is 10.8 Å². The van der Waals surface area contributed by atoms with E-state index in [1.807, 2.05) is 6.92 Å². The van der Waals surface area contributed by atoms with E-state index in [1.165, 1.54) is 0 Å². The SMILES string of the molecule is CCC(CC)N(CCO)c1nc(C2CC2)nc(NN)c1C. The third kappa shape index (κ3) is 3.44. The van der Waals surface area contributed by atoms with Crippen LogP contribution < -0.4 is 16.2 Å². The molecule has 0 atom stereocenters. The third-order valence-corrected chi connectivity index (χ3v) is 4.21. The summed E-state index contributed by atoms with van der Waals surface area (Å²) in [5.41, 5.74) is 3.64. The second-order valence-corrected chi connectivity index (χ2v) is 5.68. The molecular weight excluding hydrogens is 266 g/mol. The van der Waals surface area contributed by atoms with E-state index in [1.54, 1.807) is 0 Å². The van der Waals surface area contributed by atoms with Crippen LogP contribution in [0.1, 0.15) is 56.8 Å². The molecule has 6 nitrogen and oxygen atoms in total. The van der Waals surface area contributed by atoms with Crippen LogP contribution in [0.4, 0.5) is 11.6 Å². The van der Waals surface area contributed by atoms with Crippen LogP contribution in [0.15, 0.2) is 0 Å². The first-order valence-electron chi connectivity index (χ1n) is 7.88. The van der Waals surface area contributed by atoms with E-state index in [0.29, 0.717) is 24.3 Å². The maximum absolute atomic E-state index is 9.42. The predicted octanol–water partition coefficient (Wildman–Crippen LogP) is 1.94. The Hall–Kier alpha value is -1.40. The lowest BCUT2D eigenvalue weighted by Crippen LogP contribution is -2.38. The molecule has 0 spiro atoms. The number of hydrogen-bond donors (Lipinski definition) is 3. The van der Waals surface area contributed by atoms with Gasteiger partial charge >= 0.3 is 0 Å². The predicted molar refractivity (Wildman–Crippen MR) is 85.4 cm³/mol. The number of hydrogen-bond acceptors (Lipinski definition) is 6.